The van der Waals surface area contributed by atoms with Crippen molar-refractivity contribution in [1.82, 2.24) is 0 Å². The largest absolute Gasteiger partial charge is 0.438 e. The maximum absolute atomic E-state index is 12.2. The molecule has 4 bridgehead atoms. The van der Waals surface area contributed by atoms with Gasteiger partial charge >= 0.3 is 29.8 Å². The molecule has 78 heavy (non-hydrogen) atoms. The second-order valence-electron chi connectivity index (χ2n) is 27.5. The summed E-state index contributed by atoms with van der Waals surface area (Å²) in [4.78, 5) is 58.4. The molecule has 0 heterocycles. The predicted octanol–water partition coefficient (Wildman–Crippen LogP) is 15.0. The third-order valence-electron chi connectivity index (χ3n) is 18.2. The van der Waals surface area contributed by atoms with Crippen molar-refractivity contribution in [2.45, 2.75) is 288 Å². The molecule has 4 fully saturated rings. The van der Waals surface area contributed by atoms with Gasteiger partial charge in [0.05, 0.1) is 39.3 Å². The second kappa shape index (κ2) is 31.0. The zero-order valence-corrected chi connectivity index (χ0v) is 54.9. The average molecular weight is 1120 g/mol. The van der Waals surface area contributed by atoms with Gasteiger partial charge in [-0.15, -0.1) is 0 Å². The summed E-state index contributed by atoms with van der Waals surface area (Å²) in [6, 6.07) is 0. The van der Waals surface area contributed by atoms with Crippen LogP contribution in [-0.4, -0.2) is 94.8 Å². The molecular formula is C63H118O15. The highest BCUT2D eigenvalue weighted by Crippen LogP contribution is 2.65. The lowest BCUT2D eigenvalue weighted by Crippen LogP contribution is -2.45. The van der Waals surface area contributed by atoms with Crippen LogP contribution in [0.15, 0.2) is 0 Å². The van der Waals surface area contributed by atoms with Crippen LogP contribution < -0.4 is 0 Å². The van der Waals surface area contributed by atoms with Crippen LogP contribution in [0.25, 0.3) is 0 Å². The molecule has 0 radical (unpaired) electrons. The van der Waals surface area contributed by atoms with E-state index in [1.54, 1.807) is 13.8 Å². The van der Waals surface area contributed by atoms with E-state index in [0.717, 1.165) is 43.9 Å². The topological polar surface area (TPSA) is 178 Å². The second-order valence-corrected chi connectivity index (χ2v) is 27.5. The molecule has 4 aliphatic rings. The number of ether oxygens (including phenoxy) is 10. The van der Waals surface area contributed by atoms with Gasteiger partial charge in [-0.1, -0.05) is 76.2 Å². The molecular weight excluding hydrogens is 997 g/mol. The van der Waals surface area contributed by atoms with Crippen molar-refractivity contribution in [3.63, 3.8) is 0 Å². The minimum atomic E-state index is -0.469. The van der Waals surface area contributed by atoms with E-state index >= 15 is 0 Å². The van der Waals surface area contributed by atoms with Crippen molar-refractivity contribution in [3.8, 4) is 0 Å². The molecule has 4 saturated carbocycles. The standard InChI is InChI=1S/2C18H32O3.C10H20O3.C9H18O3.C8H16O3/c2*1-8-16(3,4)15(19)21-12(2)20-14-17(5,6)13-9-10-18(14,7)11-13;1-6-10(4,5)9(11)13-8(3)12-7-2;1-6-9(3,4)8(10)12-7(2)11-5;1-5-8(2,3)7(9)11-6-10-4/h2*12-14H,8-11H2,1-7H3;8H,6-7H2,1-5H3;7H,6H2,1-5H3;5-6H2,1-4H3. The van der Waals surface area contributed by atoms with E-state index in [0.29, 0.717) is 6.61 Å². The maximum Gasteiger partial charge on any atom is 0.313 e. The van der Waals surface area contributed by atoms with Gasteiger partial charge in [0.25, 0.3) is 0 Å². The highest BCUT2D eigenvalue weighted by atomic mass is 16.7. The van der Waals surface area contributed by atoms with E-state index in [1.807, 2.05) is 125 Å². The molecule has 0 aliphatic heterocycles. The van der Waals surface area contributed by atoms with Crippen molar-refractivity contribution in [1.29, 1.82) is 0 Å². The highest BCUT2D eigenvalue weighted by molar-refractivity contribution is 5.77. The summed E-state index contributed by atoms with van der Waals surface area (Å²) in [5, 5.41) is 0. The lowest BCUT2D eigenvalue weighted by Gasteiger charge is -2.43. The minimum absolute atomic E-state index is 0.0439. The number of carbonyl (C=O) groups is 5. The van der Waals surface area contributed by atoms with Crippen LogP contribution in [0.3, 0.4) is 0 Å². The van der Waals surface area contributed by atoms with Crippen LogP contribution in [0.5, 0.6) is 0 Å². The van der Waals surface area contributed by atoms with Gasteiger partial charge in [-0.2, -0.15) is 0 Å². The summed E-state index contributed by atoms with van der Waals surface area (Å²) in [5.41, 5.74) is -1.25. The van der Waals surface area contributed by atoms with Crippen molar-refractivity contribution in [2.75, 3.05) is 27.6 Å². The molecule has 15 heteroatoms. The molecule has 0 N–H and O–H groups in total. The number of methoxy groups -OCH3 is 2. The third kappa shape index (κ3) is 21.5. The smallest absolute Gasteiger partial charge is 0.313 e. The van der Waals surface area contributed by atoms with E-state index in [4.69, 9.17) is 42.6 Å². The molecule has 0 aromatic heterocycles. The Bertz CT molecular complexity index is 1760. The number of esters is 5. The fourth-order valence-electron chi connectivity index (χ4n) is 10.2. The molecule has 0 saturated heterocycles. The Morgan fingerprint density at radius 1 is 0.449 bits per heavy atom. The number of rotatable bonds is 23. The summed E-state index contributed by atoms with van der Waals surface area (Å²) < 4.78 is 53.0. The molecule has 10 atom stereocenters. The number of hydrogen-bond donors (Lipinski definition) is 0. The van der Waals surface area contributed by atoms with Crippen molar-refractivity contribution < 1.29 is 71.3 Å². The van der Waals surface area contributed by atoms with Gasteiger partial charge < -0.3 is 47.4 Å². The Balaban J connectivity index is 0.000000980. The van der Waals surface area contributed by atoms with E-state index in [-0.39, 0.29) is 70.5 Å². The van der Waals surface area contributed by atoms with Crippen molar-refractivity contribution in [3.05, 3.63) is 0 Å². The lowest BCUT2D eigenvalue weighted by molar-refractivity contribution is -0.219. The average Bonchev–Trinajstić information content (AvgIpc) is 4.07. The Kier molecular flexibility index (Phi) is 29.9. The SMILES string of the molecule is CCC(C)(C)C(=O)OC(C)OC.CCC(C)(C)C(=O)OC(C)OC1C2(C)CCC(C2)C1(C)C.CCC(C)(C)C(=O)OC(C)OC1C2(C)CCC(C2)C1(C)C.CCC(C)(C)C(=O)OCOC.CCOC(C)OC(=O)C(C)(C)CC. The summed E-state index contributed by atoms with van der Waals surface area (Å²) in [7, 11) is 3.00. The van der Waals surface area contributed by atoms with Crippen LogP contribution in [0.2, 0.25) is 0 Å². The first-order valence-electron chi connectivity index (χ1n) is 29.4. The number of hydrogen-bond acceptors (Lipinski definition) is 15. The normalized spacial score (nSPS) is 25.3. The summed E-state index contributed by atoms with van der Waals surface area (Å²) in [5.74, 6) is 0.536. The lowest BCUT2D eigenvalue weighted by atomic mass is 9.70. The van der Waals surface area contributed by atoms with Gasteiger partial charge in [-0.25, -0.2) is 0 Å². The van der Waals surface area contributed by atoms with Gasteiger partial charge in [0.15, 0.2) is 32.0 Å². The highest BCUT2D eigenvalue weighted by Gasteiger charge is 2.62. The third-order valence-corrected chi connectivity index (χ3v) is 18.2. The van der Waals surface area contributed by atoms with E-state index in [1.165, 1.54) is 52.7 Å². The van der Waals surface area contributed by atoms with Crippen LogP contribution in [0.1, 0.15) is 251 Å². The van der Waals surface area contributed by atoms with Crippen LogP contribution in [-0.2, 0) is 71.3 Å². The van der Waals surface area contributed by atoms with Gasteiger partial charge in [-0.3, -0.25) is 24.0 Å². The molecule has 4 rings (SSSR count). The Morgan fingerprint density at radius 2 is 0.731 bits per heavy atom. The predicted molar refractivity (Wildman–Crippen MR) is 307 cm³/mol. The van der Waals surface area contributed by atoms with E-state index in [9.17, 15) is 24.0 Å². The molecule has 10 unspecified atom stereocenters. The first-order chi connectivity index (χ1) is 35.5. The summed E-state index contributed by atoms with van der Waals surface area (Å²) in [6.07, 6.45) is 9.92. The fourth-order valence-corrected chi connectivity index (χ4v) is 10.2. The van der Waals surface area contributed by atoms with Crippen LogP contribution in [0.4, 0.5) is 0 Å². The van der Waals surface area contributed by atoms with Crippen LogP contribution >= 0.6 is 0 Å². The van der Waals surface area contributed by atoms with E-state index in [2.05, 4.69) is 46.3 Å². The zero-order chi connectivity index (χ0) is 61.3. The Hall–Kier alpha value is -2.85. The van der Waals surface area contributed by atoms with Gasteiger partial charge in [0.2, 0.25) is 0 Å². The molecule has 15 nitrogen and oxygen atoms in total. The maximum atomic E-state index is 12.2. The monoisotopic (exact) mass is 1110 g/mol. The van der Waals surface area contributed by atoms with Gasteiger partial charge in [0, 0.05) is 20.8 Å². The summed E-state index contributed by atoms with van der Waals surface area (Å²) >= 11 is 0. The number of carbonyl (C=O) groups excluding carboxylic acids is 5. The van der Waals surface area contributed by atoms with Gasteiger partial charge in [0.1, 0.15) is 0 Å². The molecule has 0 aromatic carbocycles. The van der Waals surface area contributed by atoms with Crippen molar-refractivity contribution in [2.24, 2.45) is 60.6 Å². The molecule has 0 spiro atoms. The molecule has 460 valence electrons. The first-order valence-corrected chi connectivity index (χ1v) is 29.4. The Morgan fingerprint density at radius 3 is 0.974 bits per heavy atom. The molecule has 0 amide bonds. The minimum Gasteiger partial charge on any atom is -0.438 e. The zero-order valence-electron chi connectivity index (χ0n) is 54.9. The Labute approximate surface area is 475 Å². The van der Waals surface area contributed by atoms with Crippen LogP contribution in [0, 0.1) is 60.6 Å². The molecule has 0 aromatic rings. The quantitative estimate of drug-likeness (QED) is 0.0536. The summed E-state index contributed by atoms with van der Waals surface area (Å²) in [6.45, 7) is 52.2. The van der Waals surface area contributed by atoms with Gasteiger partial charge in [-0.05, 0) is 208 Å². The number of fused-ring (bicyclic) bond motifs is 4. The molecule has 4 aliphatic carbocycles. The van der Waals surface area contributed by atoms with Crippen molar-refractivity contribution >= 4 is 29.8 Å². The first kappa shape index (κ1) is 75.2. The fraction of sp³-hybridized carbons (Fsp3) is 0.921. The van der Waals surface area contributed by atoms with E-state index < -0.39 is 52.2 Å².